The summed E-state index contributed by atoms with van der Waals surface area (Å²) in [7, 11) is 2.91. The van der Waals surface area contributed by atoms with Crippen molar-refractivity contribution in [2.24, 2.45) is 0 Å². The second-order valence-corrected chi connectivity index (χ2v) is 3.62. The fraction of sp³-hybridized carbons (Fsp3) is 0.417. The van der Waals surface area contributed by atoms with E-state index < -0.39 is 5.97 Å². The van der Waals surface area contributed by atoms with Crippen molar-refractivity contribution in [1.29, 1.82) is 0 Å². The van der Waals surface area contributed by atoms with Crippen LogP contribution in [0.3, 0.4) is 0 Å². The normalized spacial score (nSPS) is 11.9. The van der Waals surface area contributed by atoms with Crippen LogP contribution in [0.5, 0.6) is 5.75 Å². The number of carbonyl (C=O) groups excluding carboxylic acids is 1. The van der Waals surface area contributed by atoms with Crippen LogP contribution in [0.15, 0.2) is 18.2 Å². The van der Waals surface area contributed by atoms with E-state index >= 15 is 0 Å². The Labute approximate surface area is 100 Å². The molecule has 1 unspecified atom stereocenters. The molecule has 2 N–H and O–H groups in total. The molecule has 0 aliphatic rings. The van der Waals surface area contributed by atoms with E-state index in [1.807, 2.05) is 6.92 Å². The van der Waals surface area contributed by atoms with Crippen molar-refractivity contribution >= 4 is 11.7 Å². The van der Waals surface area contributed by atoms with Gasteiger partial charge < -0.3 is 19.9 Å². The molecule has 0 bridgehead atoms. The molecule has 0 aromatic heterocycles. The second-order valence-electron chi connectivity index (χ2n) is 3.62. The van der Waals surface area contributed by atoms with E-state index in [0.29, 0.717) is 23.6 Å². The van der Waals surface area contributed by atoms with Crippen LogP contribution < -0.4 is 10.5 Å². The zero-order valence-electron chi connectivity index (χ0n) is 10.2. The van der Waals surface area contributed by atoms with Crippen molar-refractivity contribution in [2.75, 3.05) is 26.6 Å². The highest BCUT2D eigenvalue weighted by molar-refractivity contribution is 5.95. The lowest BCUT2D eigenvalue weighted by Crippen LogP contribution is -2.18. The molecule has 1 rings (SSSR count). The van der Waals surface area contributed by atoms with Crippen molar-refractivity contribution < 1.29 is 19.0 Å². The van der Waals surface area contributed by atoms with Gasteiger partial charge in [0.25, 0.3) is 0 Å². The quantitative estimate of drug-likeness (QED) is 0.622. The third kappa shape index (κ3) is 3.64. The molecule has 0 aliphatic carbocycles. The van der Waals surface area contributed by atoms with Gasteiger partial charge in [-0.1, -0.05) is 0 Å². The maximum Gasteiger partial charge on any atom is 0.340 e. The summed E-state index contributed by atoms with van der Waals surface area (Å²) in [4.78, 5) is 11.4. The van der Waals surface area contributed by atoms with Crippen LogP contribution in [-0.2, 0) is 9.47 Å². The molecule has 17 heavy (non-hydrogen) atoms. The maximum atomic E-state index is 11.4. The molecule has 1 atom stereocenters. The largest absolute Gasteiger partial charge is 0.488 e. The number of esters is 1. The minimum Gasteiger partial charge on any atom is -0.488 e. The first-order valence-corrected chi connectivity index (χ1v) is 5.22. The highest BCUT2D eigenvalue weighted by Gasteiger charge is 2.12. The predicted molar refractivity (Wildman–Crippen MR) is 64.2 cm³/mol. The molecule has 1 aromatic carbocycles. The number of benzene rings is 1. The van der Waals surface area contributed by atoms with Gasteiger partial charge in [0.05, 0.1) is 19.3 Å². The highest BCUT2D eigenvalue weighted by atomic mass is 16.5. The fourth-order valence-electron chi connectivity index (χ4n) is 1.40. The van der Waals surface area contributed by atoms with Crippen LogP contribution in [0.1, 0.15) is 17.3 Å². The first kappa shape index (κ1) is 13.3. The first-order chi connectivity index (χ1) is 8.08. The van der Waals surface area contributed by atoms with Gasteiger partial charge in [-0.3, -0.25) is 0 Å². The molecule has 1 aromatic rings. The number of hydrogen-bond donors (Lipinski definition) is 1. The Kier molecular flexibility index (Phi) is 4.78. The number of hydrogen-bond acceptors (Lipinski definition) is 5. The summed E-state index contributed by atoms with van der Waals surface area (Å²) in [6, 6.07) is 4.88. The fourth-order valence-corrected chi connectivity index (χ4v) is 1.40. The average molecular weight is 239 g/mol. The summed E-state index contributed by atoms with van der Waals surface area (Å²) in [5.74, 6) is 0.0801. The summed E-state index contributed by atoms with van der Waals surface area (Å²) in [5.41, 5.74) is 6.34. The molecular weight excluding hydrogens is 222 g/mol. The number of carbonyl (C=O) groups is 1. The van der Waals surface area contributed by atoms with Gasteiger partial charge in [0.15, 0.2) is 0 Å². The van der Waals surface area contributed by atoms with Crippen molar-refractivity contribution in [3.05, 3.63) is 23.8 Å². The van der Waals surface area contributed by atoms with Gasteiger partial charge in [-0.25, -0.2) is 4.79 Å². The Hall–Kier alpha value is -1.75. The monoisotopic (exact) mass is 239 g/mol. The van der Waals surface area contributed by atoms with Gasteiger partial charge in [-0.15, -0.1) is 0 Å². The summed E-state index contributed by atoms with van der Waals surface area (Å²) in [6.45, 7) is 2.34. The smallest absolute Gasteiger partial charge is 0.340 e. The Balaban J connectivity index is 2.85. The standard InChI is InChI=1S/C12H17NO4/c1-8(7-15-2)17-9-4-5-11(13)10(6-9)12(14)16-3/h4-6,8H,7,13H2,1-3H3. The lowest BCUT2D eigenvalue weighted by atomic mass is 10.1. The first-order valence-electron chi connectivity index (χ1n) is 5.22. The van der Waals surface area contributed by atoms with Crippen molar-refractivity contribution in [3.63, 3.8) is 0 Å². The molecular formula is C12H17NO4. The number of methoxy groups -OCH3 is 2. The molecule has 0 aliphatic heterocycles. The van der Waals surface area contributed by atoms with E-state index in [1.165, 1.54) is 7.11 Å². The lowest BCUT2D eigenvalue weighted by Gasteiger charge is -2.14. The van der Waals surface area contributed by atoms with Gasteiger partial charge in [0.2, 0.25) is 0 Å². The van der Waals surface area contributed by atoms with E-state index in [9.17, 15) is 4.79 Å². The molecule has 5 heteroatoms. The number of nitrogens with two attached hydrogens (primary N) is 1. The van der Waals surface area contributed by atoms with E-state index in [1.54, 1.807) is 25.3 Å². The molecule has 0 amide bonds. The zero-order chi connectivity index (χ0) is 12.8. The zero-order valence-corrected chi connectivity index (χ0v) is 10.2. The molecule has 0 heterocycles. The van der Waals surface area contributed by atoms with E-state index in [4.69, 9.17) is 15.2 Å². The summed E-state index contributed by atoms with van der Waals surface area (Å²) < 4.78 is 15.1. The number of rotatable bonds is 5. The van der Waals surface area contributed by atoms with Crippen molar-refractivity contribution in [2.45, 2.75) is 13.0 Å². The van der Waals surface area contributed by atoms with Crippen LogP contribution in [0, 0.1) is 0 Å². The molecule has 0 fully saturated rings. The van der Waals surface area contributed by atoms with Crippen molar-refractivity contribution in [1.82, 2.24) is 0 Å². The summed E-state index contributed by atoms with van der Waals surface area (Å²) in [6.07, 6.45) is -0.103. The maximum absolute atomic E-state index is 11.4. The van der Waals surface area contributed by atoms with E-state index in [-0.39, 0.29) is 6.10 Å². The third-order valence-electron chi connectivity index (χ3n) is 2.17. The predicted octanol–water partition coefficient (Wildman–Crippen LogP) is 1.47. The highest BCUT2D eigenvalue weighted by Crippen LogP contribution is 2.21. The Morgan fingerprint density at radius 1 is 1.41 bits per heavy atom. The van der Waals surface area contributed by atoms with Gasteiger partial charge >= 0.3 is 5.97 Å². The summed E-state index contributed by atoms with van der Waals surface area (Å²) >= 11 is 0. The van der Waals surface area contributed by atoms with E-state index in [0.717, 1.165) is 0 Å². The minimum absolute atomic E-state index is 0.103. The Morgan fingerprint density at radius 3 is 2.71 bits per heavy atom. The second kappa shape index (κ2) is 6.10. The minimum atomic E-state index is -0.479. The van der Waals surface area contributed by atoms with Gasteiger partial charge in [0.1, 0.15) is 11.9 Å². The van der Waals surface area contributed by atoms with Crippen LogP contribution in [0.4, 0.5) is 5.69 Å². The van der Waals surface area contributed by atoms with Gasteiger partial charge in [0, 0.05) is 12.8 Å². The SMILES string of the molecule is COCC(C)Oc1ccc(N)c(C(=O)OC)c1. The molecule has 0 saturated heterocycles. The number of ether oxygens (including phenoxy) is 3. The molecule has 5 nitrogen and oxygen atoms in total. The van der Waals surface area contributed by atoms with Crippen LogP contribution in [0.25, 0.3) is 0 Å². The summed E-state index contributed by atoms with van der Waals surface area (Å²) in [5, 5.41) is 0. The third-order valence-corrected chi connectivity index (χ3v) is 2.17. The number of nitrogen functional groups attached to an aromatic ring is 1. The topological polar surface area (TPSA) is 70.8 Å². The van der Waals surface area contributed by atoms with Crippen LogP contribution in [0.2, 0.25) is 0 Å². The van der Waals surface area contributed by atoms with Gasteiger partial charge in [-0.2, -0.15) is 0 Å². The van der Waals surface area contributed by atoms with Crippen molar-refractivity contribution in [3.8, 4) is 5.75 Å². The van der Waals surface area contributed by atoms with Gasteiger partial charge in [-0.05, 0) is 25.1 Å². The Morgan fingerprint density at radius 2 is 2.12 bits per heavy atom. The number of anilines is 1. The molecule has 0 radical (unpaired) electrons. The van der Waals surface area contributed by atoms with Crippen LogP contribution in [-0.4, -0.2) is 32.9 Å². The lowest BCUT2D eigenvalue weighted by molar-refractivity contribution is 0.0600. The van der Waals surface area contributed by atoms with Crippen LogP contribution >= 0.6 is 0 Å². The van der Waals surface area contributed by atoms with E-state index in [2.05, 4.69) is 4.74 Å². The average Bonchev–Trinajstić information content (AvgIpc) is 2.31. The molecule has 94 valence electrons. The Bertz CT molecular complexity index is 392. The molecule has 0 spiro atoms. The molecule has 0 saturated carbocycles.